The molecule has 0 saturated heterocycles. The largest absolute Gasteiger partial charge is 0.345 e. The Hall–Kier alpha value is -1.38. The second-order valence-corrected chi connectivity index (χ2v) is 5.12. The van der Waals surface area contributed by atoms with Crippen LogP contribution in [0.1, 0.15) is 42.2 Å². The summed E-state index contributed by atoms with van der Waals surface area (Å²) in [5.74, 6) is 0.878. The molecular weight excluding hydrogens is 200 g/mol. The van der Waals surface area contributed by atoms with E-state index in [0.717, 1.165) is 17.9 Å². The van der Waals surface area contributed by atoms with E-state index < -0.39 is 0 Å². The van der Waals surface area contributed by atoms with Crippen molar-refractivity contribution in [1.82, 2.24) is 10.3 Å². The van der Waals surface area contributed by atoms with Gasteiger partial charge in [0.25, 0.3) is 5.91 Å². The number of nitrogens with zero attached hydrogens (tertiary/aromatic N) is 1. The molecule has 1 aromatic rings. The second kappa shape index (κ2) is 3.30. The molecule has 1 amide bonds. The minimum absolute atomic E-state index is 0.00606. The number of hydrogen-bond donors (Lipinski definition) is 1. The van der Waals surface area contributed by atoms with Crippen LogP contribution in [-0.2, 0) is 6.42 Å². The van der Waals surface area contributed by atoms with Crippen molar-refractivity contribution in [3.8, 4) is 0 Å². The minimum Gasteiger partial charge on any atom is -0.345 e. The molecule has 0 unspecified atom stereocenters. The molecule has 3 aliphatic rings. The summed E-state index contributed by atoms with van der Waals surface area (Å²) >= 11 is 0. The lowest BCUT2D eigenvalue weighted by Crippen LogP contribution is -2.68. The van der Waals surface area contributed by atoms with Gasteiger partial charge in [0, 0.05) is 11.7 Å². The maximum absolute atomic E-state index is 12.0. The highest BCUT2D eigenvalue weighted by Gasteiger charge is 2.57. The van der Waals surface area contributed by atoms with Gasteiger partial charge in [0.1, 0.15) is 5.69 Å². The van der Waals surface area contributed by atoms with E-state index in [2.05, 4.69) is 17.2 Å². The van der Waals surface area contributed by atoms with Crippen LogP contribution in [0, 0.1) is 5.92 Å². The number of pyridine rings is 1. The van der Waals surface area contributed by atoms with Crippen molar-refractivity contribution in [1.29, 1.82) is 0 Å². The predicted octanol–water partition coefficient (Wildman–Crippen LogP) is 1.93. The Morgan fingerprint density at radius 3 is 2.88 bits per heavy atom. The first-order valence-corrected chi connectivity index (χ1v) is 5.98. The minimum atomic E-state index is -0.00606. The molecule has 0 atom stereocenters. The van der Waals surface area contributed by atoms with Gasteiger partial charge in [0.2, 0.25) is 0 Å². The maximum atomic E-state index is 12.0. The molecule has 0 aromatic carbocycles. The van der Waals surface area contributed by atoms with Crippen LogP contribution in [0.5, 0.6) is 0 Å². The molecule has 84 valence electrons. The van der Waals surface area contributed by atoms with Gasteiger partial charge in [-0.15, -0.1) is 0 Å². The summed E-state index contributed by atoms with van der Waals surface area (Å²) in [5, 5.41) is 3.12. The number of carbonyl (C=O) groups excluding carboxylic acids is 1. The normalized spacial score (nSPS) is 30.2. The third-order valence-electron chi connectivity index (χ3n) is 3.88. The number of carbonyl (C=O) groups is 1. The van der Waals surface area contributed by atoms with Gasteiger partial charge in [-0.2, -0.15) is 0 Å². The van der Waals surface area contributed by atoms with Crippen LogP contribution < -0.4 is 5.32 Å². The summed E-state index contributed by atoms with van der Waals surface area (Å²) in [4.78, 5) is 16.1. The van der Waals surface area contributed by atoms with Crippen LogP contribution in [0.4, 0.5) is 0 Å². The van der Waals surface area contributed by atoms with Crippen molar-refractivity contribution in [2.75, 3.05) is 0 Å². The van der Waals surface area contributed by atoms with Crippen molar-refractivity contribution in [2.45, 2.75) is 38.1 Å². The quantitative estimate of drug-likeness (QED) is 0.838. The van der Waals surface area contributed by atoms with Gasteiger partial charge < -0.3 is 5.32 Å². The Balaban J connectivity index is 1.72. The first-order chi connectivity index (χ1) is 7.71. The third kappa shape index (κ3) is 1.42. The number of aromatic nitrogens is 1. The van der Waals surface area contributed by atoms with E-state index in [4.69, 9.17) is 0 Å². The van der Waals surface area contributed by atoms with Crippen LogP contribution in [0.25, 0.3) is 0 Å². The summed E-state index contributed by atoms with van der Waals surface area (Å²) in [6, 6.07) is 3.85. The molecule has 1 aromatic heterocycles. The Morgan fingerprint density at radius 2 is 2.31 bits per heavy atom. The van der Waals surface area contributed by atoms with Crippen LogP contribution >= 0.6 is 0 Å². The van der Waals surface area contributed by atoms with Crippen LogP contribution in [0.2, 0.25) is 0 Å². The Labute approximate surface area is 95.3 Å². The molecule has 1 heterocycles. The average molecular weight is 216 g/mol. The van der Waals surface area contributed by atoms with Gasteiger partial charge in [0.05, 0.1) is 0 Å². The van der Waals surface area contributed by atoms with E-state index in [9.17, 15) is 4.79 Å². The van der Waals surface area contributed by atoms with Gasteiger partial charge in [0.15, 0.2) is 0 Å². The molecule has 0 spiro atoms. The SMILES string of the molecule is CCc1ccnc(C(=O)NC23CC(C2)C3)c1. The molecule has 0 radical (unpaired) electrons. The lowest BCUT2D eigenvalue weighted by molar-refractivity contribution is -0.0439. The van der Waals surface area contributed by atoms with Gasteiger partial charge in [-0.3, -0.25) is 9.78 Å². The fourth-order valence-electron chi connectivity index (χ4n) is 2.75. The Morgan fingerprint density at radius 1 is 1.56 bits per heavy atom. The Bertz CT molecular complexity index is 424. The zero-order chi connectivity index (χ0) is 11.2. The number of nitrogens with one attached hydrogen (secondary N) is 1. The molecule has 4 rings (SSSR count). The summed E-state index contributed by atoms with van der Waals surface area (Å²) in [6.07, 6.45) is 6.18. The molecule has 3 fully saturated rings. The molecule has 0 aliphatic heterocycles. The molecule has 3 nitrogen and oxygen atoms in total. The van der Waals surface area contributed by atoms with Crippen molar-refractivity contribution in [3.05, 3.63) is 29.6 Å². The van der Waals surface area contributed by atoms with Crippen molar-refractivity contribution >= 4 is 5.91 Å². The van der Waals surface area contributed by atoms with Gasteiger partial charge >= 0.3 is 0 Å². The van der Waals surface area contributed by atoms with E-state index in [1.165, 1.54) is 19.3 Å². The zero-order valence-corrected chi connectivity index (χ0v) is 9.49. The first kappa shape index (κ1) is 9.82. The molecule has 2 bridgehead atoms. The van der Waals surface area contributed by atoms with Crippen molar-refractivity contribution in [2.24, 2.45) is 5.92 Å². The summed E-state index contributed by atoms with van der Waals surface area (Å²) < 4.78 is 0. The molecule has 3 heteroatoms. The predicted molar refractivity (Wildman–Crippen MR) is 61.2 cm³/mol. The topological polar surface area (TPSA) is 42.0 Å². The summed E-state index contributed by atoms with van der Waals surface area (Å²) in [5.41, 5.74) is 1.87. The number of rotatable bonds is 3. The molecule has 3 aliphatic carbocycles. The number of amides is 1. The molecule has 3 saturated carbocycles. The highest BCUT2D eigenvalue weighted by atomic mass is 16.2. The zero-order valence-electron chi connectivity index (χ0n) is 9.49. The van der Waals surface area contributed by atoms with E-state index in [1.54, 1.807) is 6.20 Å². The molecule has 16 heavy (non-hydrogen) atoms. The van der Waals surface area contributed by atoms with Crippen molar-refractivity contribution in [3.63, 3.8) is 0 Å². The second-order valence-electron chi connectivity index (χ2n) is 5.12. The maximum Gasteiger partial charge on any atom is 0.270 e. The lowest BCUT2D eigenvalue weighted by Gasteiger charge is -2.61. The third-order valence-corrected chi connectivity index (χ3v) is 3.88. The van der Waals surface area contributed by atoms with E-state index in [1.807, 2.05) is 12.1 Å². The first-order valence-electron chi connectivity index (χ1n) is 5.98. The van der Waals surface area contributed by atoms with Crippen LogP contribution in [-0.4, -0.2) is 16.4 Å². The molecule has 1 N–H and O–H groups in total. The van der Waals surface area contributed by atoms with Crippen LogP contribution in [0.15, 0.2) is 18.3 Å². The lowest BCUT2D eigenvalue weighted by atomic mass is 9.50. The number of hydrogen-bond acceptors (Lipinski definition) is 2. The summed E-state index contributed by atoms with van der Waals surface area (Å²) in [6.45, 7) is 2.08. The van der Waals surface area contributed by atoms with E-state index in [-0.39, 0.29) is 11.4 Å². The Kier molecular flexibility index (Phi) is 2.03. The van der Waals surface area contributed by atoms with Gasteiger partial charge in [-0.1, -0.05) is 6.92 Å². The van der Waals surface area contributed by atoms with Crippen LogP contribution in [0.3, 0.4) is 0 Å². The highest BCUT2D eigenvalue weighted by Crippen LogP contribution is 2.56. The highest BCUT2D eigenvalue weighted by molar-refractivity contribution is 5.93. The average Bonchev–Trinajstić information content (AvgIpc) is 2.21. The summed E-state index contributed by atoms with van der Waals surface area (Å²) in [7, 11) is 0. The van der Waals surface area contributed by atoms with Gasteiger partial charge in [-0.05, 0) is 49.3 Å². The molecular formula is C13H16N2O. The smallest absolute Gasteiger partial charge is 0.270 e. The van der Waals surface area contributed by atoms with E-state index in [0.29, 0.717) is 5.69 Å². The van der Waals surface area contributed by atoms with E-state index >= 15 is 0 Å². The van der Waals surface area contributed by atoms with Gasteiger partial charge in [-0.25, -0.2) is 0 Å². The standard InChI is InChI=1S/C13H16N2O/c1-2-9-3-4-14-11(5-9)12(16)15-13-6-10(7-13)8-13/h3-5,10H,2,6-8H2,1H3,(H,15,16). The fourth-order valence-corrected chi connectivity index (χ4v) is 2.75. The number of aryl methyl sites for hydroxylation is 1. The van der Waals surface area contributed by atoms with Crippen molar-refractivity contribution < 1.29 is 4.79 Å². The fraction of sp³-hybridized carbons (Fsp3) is 0.538. The monoisotopic (exact) mass is 216 g/mol.